The lowest BCUT2D eigenvalue weighted by atomic mass is 10.1. The van der Waals surface area contributed by atoms with Crippen LogP contribution in [0.25, 0.3) is 10.9 Å². The summed E-state index contributed by atoms with van der Waals surface area (Å²) in [6, 6.07) is 15.1. The fourth-order valence-electron chi connectivity index (χ4n) is 2.71. The molecule has 0 spiro atoms. The summed E-state index contributed by atoms with van der Waals surface area (Å²) in [7, 11) is 2.11. The van der Waals surface area contributed by atoms with Gasteiger partial charge in [-0.15, -0.1) is 0 Å². The second-order valence-corrected chi connectivity index (χ2v) is 6.31. The zero-order valence-electron chi connectivity index (χ0n) is 11.9. The summed E-state index contributed by atoms with van der Waals surface area (Å²) in [6.07, 6.45) is 2.21. The molecule has 0 aliphatic carbocycles. The van der Waals surface area contributed by atoms with E-state index in [2.05, 4.69) is 72.5 Å². The zero-order chi connectivity index (χ0) is 13.7. The van der Waals surface area contributed by atoms with Crippen LogP contribution in [0.2, 0.25) is 0 Å². The fraction of sp³-hybridized carbons (Fsp3) is 0.118. The van der Waals surface area contributed by atoms with Crippen LogP contribution in [0.4, 0.5) is 11.4 Å². The van der Waals surface area contributed by atoms with Crippen molar-refractivity contribution in [1.82, 2.24) is 0 Å². The number of nitrogens with zero attached hydrogens (tertiary/aromatic N) is 1. The number of aromatic nitrogens is 1. The molecule has 106 valence electrons. The van der Waals surface area contributed by atoms with Crippen molar-refractivity contribution in [2.45, 2.75) is 16.7 Å². The van der Waals surface area contributed by atoms with Crippen molar-refractivity contribution in [1.29, 1.82) is 0 Å². The minimum atomic E-state index is 0. The van der Waals surface area contributed by atoms with Crippen molar-refractivity contribution in [2.75, 3.05) is 5.32 Å². The van der Waals surface area contributed by atoms with Gasteiger partial charge in [-0.05, 0) is 30.7 Å². The molecular weight excluding hydrogens is 300 g/mol. The normalized spacial score (nSPS) is 12.1. The van der Waals surface area contributed by atoms with E-state index in [1.165, 1.54) is 37.6 Å². The van der Waals surface area contributed by atoms with E-state index >= 15 is 0 Å². The largest absolute Gasteiger partial charge is 1.00 e. The lowest BCUT2D eigenvalue weighted by Gasteiger charge is -2.21. The Bertz CT molecular complexity index is 846. The van der Waals surface area contributed by atoms with Crippen molar-refractivity contribution in [2.24, 2.45) is 7.05 Å². The van der Waals surface area contributed by atoms with Crippen LogP contribution in [0.1, 0.15) is 5.56 Å². The molecule has 0 radical (unpaired) electrons. The number of fused-ring (bicyclic) bond motifs is 4. The molecule has 1 N–H and O–H groups in total. The first kappa shape index (κ1) is 14.2. The zero-order valence-corrected chi connectivity index (χ0v) is 13.4. The standard InChI is InChI=1S/C17H14N2S.ClH/c1-11-7-8-13-15(9-11)20-16-10-19(2)14-6-4-3-5-12(14)17(16)18-13;/h3-10H,1-2H3;1H. The highest BCUT2D eigenvalue weighted by molar-refractivity contribution is 7.99. The molecule has 0 saturated carbocycles. The van der Waals surface area contributed by atoms with E-state index in [0.717, 1.165) is 0 Å². The Morgan fingerprint density at radius 1 is 1.05 bits per heavy atom. The third-order valence-electron chi connectivity index (χ3n) is 3.73. The minimum absolute atomic E-state index is 0. The number of rotatable bonds is 0. The number of hydrogen-bond acceptors (Lipinski definition) is 2. The van der Waals surface area contributed by atoms with E-state index in [4.69, 9.17) is 0 Å². The predicted molar refractivity (Wildman–Crippen MR) is 83.7 cm³/mol. The Kier molecular flexibility index (Phi) is 3.56. The minimum Gasteiger partial charge on any atom is -1.00 e. The Morgan fingerprint density at radius 2 is 1.86 bits per heavy atom. The number of aryl methyl sites for hydroxylation is 2. The van der Waals surface area contributed by atoms with Crippen molar-refractivity contribution < 1.29 is 17.0 Å². The molecule has 3 aromatic rings. The van der Waals surface area contributed by atoms with E-state index in [1.807, 2.05) is 11.8 Å². The van der Waals surface area contributed by atoms with Gasteiger partial charge in [-0.3, -0.25) is 0 Å². The van der Waals surface area contributed by atoms with E-state index in [1.54, 1.807) is 0 Å². The monoisotopic (exact) mass is 314 g/mol. The summed E-state index contributed by atoms with van der Waals surface area (Å²) in [5.41, 5.74) is 4.97. The number of nitrogens with one attached hydrogen (secondary N) is 1. The average molecular weight is 315 g/mol. The van der Waals surface area contributed by atoms with Gasteiger partial charge in [0.15, 0.2) is 6.20 Å². The number of hydrogen-bond donors (Lipinski definition) is 1. The molecule has 0 bridgehead atoms. The molecular formula is C17H15ClN2S. The average Bonchev–Trinajstić information content (AvgIpc) is 2.46. The smallest absolute Gasteiger partial charge is 0.214 e. The molecule has 0 amide bonds. The Labute approximate surface area is 134 Å². The summed E-state index contributed by atoms with van der Waals surface area (Å²) >= 11 is 1.84. The molecule has 2 nitrogen and oxygen atoms in total. The molecule has 2 aromatic carbocycles. The van der Waals surface area contributed by atoms with Gasteiger partial charge in [0.2, 0.25) is 5.52 Å². The first-order chi connectivity index (χ1) is 9.72. The van der Waals surface area contributed by atoms with Gasteiger partial charge in [-0.25, -0.2) is 0 Å². The SMILES string of the molecule is Cc1ccc2c(c1)Sc1c[n+](C)c3ccccc3c1N2.[Cl-]. The Hall–Kier alpha value is -1.71. The molecule has 1 aromatic heterocycles. The van der Waals surface area contributed by atoms with Crippen LogP contribution in [0.15, 0.2) is 58.5 Å². The maximum absolute atomic E-state index is 3.60. The van der Waals surface area contributed by atoms with Gasteiger partial charge in [-0.2, -0.15) is 4.57 Å². The van der Waals surface area contributed by atoms with E-state index in [0.29, 0.717) is 0 Å². The van der Waals surface area contributed by atoms with Crippen LogP contribution in [0, 0.1) is 6.92 Å². The van der Waals surface area contributed by atoms with Gasteiger partial charge in [0.1, 0.15) is 11.9 Å². The number of anilines is 2. The number of halogens is 1. The molecule has 1 aliphatic rings. The fourth-order valence-corrected chi connectivity index (χ4v) is 3.90. The third-order valence-corrected chi connectivity index (χ3v) is 4.81. The van der Waals surface area contributed by atoms with Gasteiger partial charge in [0.05, 0.1) is 16.8 Å². The number of benzene rings is 2. The quantitative estimate of drug-likeness (QED) is 0.491. The van der Waals surface area contributed by atoms with Crippen LogP contribution in [-0.2, 0) is 7.05 Å². The highest BCUT2D eigenvalue weighted by Crippen LogP contribution is 2.46. The lowest BCUT2D eigenvalue weighted by Crippen LogP contribution is -3.00. The van der Waals surface area contributed by atoms with Gasteiger partial charge in [0, 0.05) is 11.0 Å². The molecule has 1 aliphatic heterocycles. The van der Waals surface area contributed by atoms with Gasteiger partial charge in [0.25, 0.3) is 0 Å². The van der Waals surface area contributed by atoms with Crippen LogP contribution in [0.3, 0.4) is 0 Å². The molecule has 21 heavy (non-hydrogen) atoms. The first-order valence-corrected chi connectivity index (χ1v) is 7.51. The summed E-state index contributed by atoms with van der Waals surface area (Å²) in [6.45, 7) is 2.14. The topological polar surface area (TPSA) is 15.9 Å². The van der Waals surface area contributed by atoms with Crippen molar-refractivity contribution in [3.63, 3.8) is 0 Å². The van der Waals surface area contributed by atoms with Crippen LogP contribution in [-0.4, -0.2) is 0 Å². The predicted octanol–water partition coefficient (Wildman–Crippen LogP) is 1.18. The second kappa shape index (κ2) is 5.24. The maximum atomic E-state index is 3.60. The molecule has 0 unspecified atom stereocenters. The second-order valence-electron chi connectivity index (χ2n) is 5.22. The van der Waals surface area contributed by atoms with Crippen molar-refractivity contribution in [3.8, 4) is 0 Å². The first-order valence-electron chi connectivity index (χ1n) is 6.69. The summed E-state index contributed by atoms with van der Waals surface area (Å²) in [5, 5.41) is 4.87. The Morgan fingerprint density at radius 3 is 2.71 bits per heavy atom. The third kappa shape index (κ3) is 2.27. The molecule has 0 saturated heterocycles. The summed E-state index contributed by atoms with van der Waals surface area (Å²) < 4.78 is 2.20. The highest BCUT2D eigenvalue weighted by Gasteiger charge is 2.22. The summed E-state index contributed by atoms with van der Waals surface area (Å²) in [4.78, 5) is 2.58. The van der Waals surface area contributed by atoms with E-state index in [9.17, 15) is 0 Å². The van der Waals surface area contributed by atoms with E-state index in [-0.39, 0.29) is 12.4 Å². The van der Waals surface area contributed by atoms with Gasteiger partial charge >= 0.3 is 0 Å². The van der Waals surface area contributed by atoms with Crippen molar-refractivity contribution in [3.05, 3.63) is 54.2 Å². The Balaban J connectivity index is 0.00000132. The van der Waals surface area contributed by atoms with Gasteiger partial charge in [-0.1, -0.05) is 30.0 Å². The number of para-hydroxylation sites is 1. The van der Waals surface area contributed by atoms with E-state index < -0.39 is 0 Å². The number of pyridine rings is 1. The van der Waals surface area contributed by atoms with Crippen LogP contribution >= 0.6 is 11.8 Å². The van der Waals surface area contributed by atoms with Crippen molar-refractivity contribution >= 4 is 34.0 Å². The molecule has 0 fully saturated rings. The molecule has 0 atom stereocenters. The van der Waals surface area contributed by atoms with Crippen LogP contribution in [0.5, 0.6) is 0 Å². The van der Waals surface area contributed by atoms with Gasteiger partial charge < -0.3 is 17.7 Å². The molecule has 4 heteroatoms. The molecule has 4 rings (SSSR count). The summed E-state index contributed by atoms with van der Waals surface area (Å²) in [5.74, 6) is 0. The lowest BCUT2D eigenvalue weighted by molar-refractivity contribution is -0.646. The maximum Gasteiger partial charge on any atom is 0.214 e. The molecule has 2 heterocycles. The highest BCUT2D eigenvalue weighted by atomic mass is 35.5. The van der Waals surface area contributed by atoms with Crippen LogP contribution < -0.4 is 22.3 Å².